The highest BCUT2D eigenvalue weighted by atomic mass is 16.5. The van der Waals surface area contributed by atoms with Gasteiger partial charge in [0, 0.05) is 43.4 Å². The van der Waals surface area contributed by atoms with Crippen molar-refractivity contribution >= 4 is 10.9 Å². The summed E-state index contributed by atoms with van der Waals surface area (Å²) in [5.41, 5.74) is 5.60. The predicted molar refractivity (Wildman–Crippen MR) is 94.5 cm³/mol. The van der Waals surface area contributed by atoms with Crippen LogP contribution in [0.2, 0.25) is 0 Å². The van der Waals surface area contributed by atoms with Crippen LogP contribution < -0.4 is 0 Å². The van der Waals surface area contributed by atoms with Crippen molar-refractivity contribution in [3.8, 4) is 0 Å². The number of hydrogen-bond acceptors (Lipinski definition) is 2. The number of H-pyrrole nitrogens is 1. The first-order chi connectivity index (χ1) is 10.7. The largest absolute Gasteiger partial charge is 0.382 e. The number of aryl methyl sites for hydroxylation is 2. The molecule has 2 rings (SSSR count). The molecule has 0 aliphatic rings. The molecule has 3 heteroatoms. The van der Waals surface area contributed by atoms with Crippen molar-refractivity contribution in [1.29, 1.82) is 0 Å². The monoisotopic (exact) mass is 302 g/mol. The second-order valence-electron chi connectivity index (χ2n) is 5.87. The number of nitrogens with zero attached hydrogens (tertiary/aromatic N) is 1. The van der Waals surface area contributed by atoms with E-state index in [9.17, 15) is 0 Å². The molecule has 2 aromatic rings. The first-order valence-corrected chi connectivity index (χ1v) is 8.59. The van der Waals surface area contributed by atoms with E-state index in [1.807, 2.05) is 0 Å². The normalized spacial score (nSPS) is 11.7. The van der Waals surface area contributed by atoms with E-state index in [1.54, 1.807) is 0 Å². The van der Waals surface area contributed by atoms with Gasteiger partial charge in [0.15, 0.2) is 0 Å². The van der Waals surface area contributed by atoms with Crippen molar-refractivity contribution in [2.75, 3.05) is 26.3 Å². The molecule has 0 aliphatic heterocycles. The lowest BCUT2D eigenvalue weighted by atomic mass is 9.97. The lowest BCUT2D eigenvalue weighted by Crippen LogP contribution is -2.25. The maximum Gasteiger partial charge on any atom is 0.0487 e. The third-order valence-corrected chi connectivity index (χ3v) is 4.42. The fourth-order valence-corrected chi connectivity index (χ4v) is 3.15. The van der Waals surface area contributed by atoms with Crippen LogP contribution in [0.4, 0.5) is 0 Å². The highest BCUT2D eigenvalue weighted by Gasteiger charge is 2.13. The molecule has 0 fully saturated rings. The predicted octanol–water partition coefficient (Wildman–Crippen LogP) is 4.29. The Morgan fingerprint density at radius 1 is 1.23 bits per heavy atom. The third-order valence-electron chi connectivity index (χ3n) is 4.42. The smallest absolute Gasteiger partial charge is 0.0487 e. The molecule has 0 spiro atoms. The lowest BCUT2D eigenvalue weighted by molar-refractivity contribution is 0.131. The molecule has 122 valence electrons. The number of rotatable bonds is 9. The van der Waals surface area contributed by atoms with Crippen LogP contribution in [0.15, 0.2) is 18.3 Å². The molecule has 1 aromatic carbocycles. The fraction of sp³-hybridized carbons (Fsp3) is 0.579. The van der Waals surface area contributed by atoms with Gasteiger partial charge in [-0.05, 0) is 56.0 Å². The van der Waals surface area contributed by atoms with Crippen molar-refractivity contribution in [2.45, 2.75) is 47.1 Å². The molecule has 0 radical (unpaired) electrons. The molecule has 1 N–H and O–H groups in total. The fourth-order valence-electron chi connectivity index (χ4n) is 3.15. The van der Waals surface area contributed by atoms with E-state index >= 15 is 0 Å². The SMILES string of the molecule is CCOCCCN(CC)Cc1c(CC)cc(C)c2[nH]ccc12. The Hall–Kier alpha value is -1.32. The van der Waals surface area contributed by atoms with E-state index in [2.05, 4.69) is 55.9 Å². The van der Waals surface area contributed by atoms with E-state index in [-0.39, 0.29) is 0 Å². The van der Waals surface area contributed by atoms with Crippen molar-refractivity contribution in [3.05, 3.63) is 35.0 Å². The van der Waals surface area contributed by atoms with Crippen LogP contribution in [0.25, 0.3) is 10.9 Å². The Balaban J connectivity index is 2.18. The summed E-state index contributed by atoms with van der Waals surface area (Å²) in [6, 6.07) is 4.58. The van der Waals surface area contributed by atoms with Gasteiger partial charge >= 0.3 is 0 Å². The van der Waals surface area contributed by atoms with E-state index in [0.717, 1.165) is 45.7 Å². The van der Waals surface area contributed by atoms with Gasteiger partial charge in [-0.3, -0.25) is 4.90 Å². The summed E-state index contributed by atoms with van der Waals surface area (Å²) in [5, 5.41) is 1.39. The van der Waals surface area contributed by atoms with Crippen molar-refractivity contribution in [1.82, 2.24) is 9.88 Å². The number of ether oxygens (including phenoxy) is 1. The van der Waals surface area contributed by atoms with Crippen LogP contribution in [0.1, 0.15) is 43.9 Å². The second-order valence-corrected chi connectivity index (χ2v) is 5.87. The topological polar surface area (TPSA) is 28.3 Å². The number of nitrogens with one attached hydrogen (secondary N) is 1. The van der Waals surface area contributed by atoms with E-state index < -0.39 is 0 Å². The molecule has 0 saturated heterocycles. The Labute approximate surface area is 134 Å². The van der Waals surface area contributed by atoms with E-state index in [1.165, 1.54) is 27.6 Å². The van der Waals surface area contributed by atoms with Crippen molar-refractivity contribution in [3.63, 3.8) is 0 Å². The molecule has 1 heterocycles. The standard InChI is InChI=1S/C19H30N2O/c1-5-16-13-15(4)19-17(9-10-20-19)18(16)14-21(6-2)11-8-12-22-7-3/h9-10,13,20H,5-8,11-12,14H2,1-4H3. The molecular weight excluding hydrogens is 272 g/mol. The Morgan fingerprint density at radius 3 is 2.73 bits per heavy atom. The average Bonchev–Trinajstić information content (AvgIpc) is 3.02. The van der Waals surface area contributed by atoms with Gasteiger partial charge in [0.1, 0.15) is 0 Å². The third kappa shape index (κ3) is 3.90. The van der Waals surface area contributed by atoms with Gasteiger partial charge in [0.2, 0.25) is 0 Å². The minimum absolute atomic E-state index is 0.814. The Morgan fingerprint density at radius 2 is 2.05 bits per heavy atom. The summed E-state index contributed by atoms with van der Waals surface area (Å²) >= 11 is 0. The number of aromatic amines is 1. The van der Waals surface area contributed by atoms with Crippen LogP contribution >= 0.6 is 0 Å². The molecule has 0 saturated carbocycles. The summed E-state index contributed by atoms with van der Waals surface area (Å²) in [7, 11) is 0. The van der Waals surface area contributed by atoms with Gasteiger partial charge in [0.05, 0.1) is 0 Å². The lowest BCUT2D eigenvalue weighted by Gasteiger charge is -2.23. The molecule has 0 unspecified atom stereocenters. The number of fused-ring (bicyclic) bond motifs is 1. The molecule has 0 atom stereocenters. The van der Waals surface area contributed by atoms with E-state index in [0.29, 0.717) is 0 Å². The zero-order valence-electron chi connectivity index (χ0n) is 14.5. The van der Waals surface area contributed by atoms with Gasteiger partial charge in [-0.25, -0.2) is 0 Å². The summed E-state index contributed by atoms with van der Waals surface area (Å²) < 4.78 is 5.47. The van der Waals surface area contributed by atoms with Crippen LogP contribution in [-0.2, 0) is 17.7 Å². The average molecular weight is 302 g/mol. The first-order valence-electron chi connectivity index (χ1n) is 8.59. The van der Waals surface area contributed by atoms with Crippen molar-refractivity contribution in [2.24, 2.45) is 0 Å². The van der Waals surface area contributed by atoms with Gasteiger partial charge < -0.3 is 9.72 Å². The van der Waals surface area contributed by atoms with E-state index in [4.69, 9.17) is 4.74 Å². The van der Waals surface area contributed by atoms with Crippen LogP contribution in [0.3, 0.4) is 0 Å². The van der Waals surface area contributed by atoms with Gasteiger partial charge in [-0.15, -0.1) is 0 Å². The summed E-state index contributed by atoms with van der Waals surface area (Å²) in [6.07, 6.45) is 4.26. The second kappa shape index (κ2) is 8.35. The summed E-state index contributed by atoms with van der Waals surface area (Å²) in [5.74, 6) is 0. The molecule has 22 heavy (non-hydrogen) atoms. The number of benzene rings is 1. The van der Waals surface area contributed by atoms with Crippen molar-refractivity contribution < 1.29 is 4.74 Å². The Kier molecular flexibility index (Phi) is 6.47. The quantitative estimate of drug-likeness (QED) is 0.700. The zero-order chi connectivity index (χ0) is 15.9. The minimum atomic E-state index is 0.814. The molecule has 0 amide bonds. The van der Waals surface area contributed by atoms with Gasteiger partial charge in [-0.2, -0.15) is 0 Å². The first kappa shape index (κ1) is 17.0. The molecule has 0 bridgehead atoms. The molecule has 0 aliphatic carbocycles. The maximum atomic E-state index is 5.47. The van der Waals surface area contributed by atoms with Crippen LogP contribution in [0.5, 0.6) is 0 Å². The minimum Gasteiger partial charge on any atom is -0.382 e. The molecule has 1 aromatic heterocycles. The van der Waals surface area contributed by atoms with Gasteiger partial charge in [-0.1, -0.05) is 19.9 Å². The number of hydrogen-bond donors (Lipinski definition) is 1. The summed E-state index contributed by atoms with van der Waals surface area (Å²) in [6.45, 7) is 13.6. The summed E-state index contributed by atoms with van der Waals surface area (Å²) in [4.78, 5) is 5.92. The van der Waals surface area contributed by atoms with Crippen LogP contribution in [-0.4, -0.2) is 36.2 Å². The zero-order valence-corrected chi connectivity index (χ0v) is 14.5. The van der Waals surface area contributed by atoms with Crippen LogP contribution in [0, 0.1) is 6.92 Å². The van der Waals surface area contributed by atoms with Gasteiger partial charge in [0.25, 0.3) is 0 Å². The highest BCUT2D eigenvalue weighted by Crippen LogP contribution is 2.27. The highest BCUT2D eigenvalue weighted by molar-refractivity contribution is 5.87. The molecular formula is C19H30N2O. The molecule has 3 nitrogen and oxygen atoms in total. The maximum absolute atomic E-state index is 5.47. The Bertz CT molecular complexity index is 588. The number of aromatic nitrogens is 1.